The Hall–Kier alpha value is -2.74. The number of aliphatic hydroxyl groups excluding tert-OH is 1. The van der Waals surface area contributed by atoms with Crippen LogP contribution in [0.1, 0.15) is 36.8 Å². The molecule has 1 aliphatic heterocycles. The Labute approximate surface area is 183 Å². The lowest BCUT2D eigenvalue weighted by Gasteiger charge is -2.41. The molecule has 1 aliphatic rings. The van der Waals surface area contributed by atoms with Crippen LogP contribution in [-0.2, 0) is 23.1 Å². The molecule has 2 heterocycles. The molecular formula is C24H26N2O4S. The molecule has 2 atom stereocenters. The van der Waals surface area contributed by atoms with Crippen LogP contribution < -0.4 is 4.74 Å². The van der Waals surface area contributed by atoms with E-state index in [1.165, 1.54) is 4.31 Å². The molecule has 7 heteroatoms. The van der Waals surface area contributed by atoms with Crippen LogP contribution in [0.5, 0.6) is 5.75 Å². The van der Waals surface area contributed by atoms with Crippen LogP contribution in [0.4, 0.5) is 0 Å². The number of sulfonamides is 1. The van der Waals surface area contributed by atoms with Gasteiger partial charge in [-0.05, 0) is 50.1 Å². The first kappa shape index (κ1) is 21.5. The first-order chi connectivity index (χ1) is 14.9. The minimum Gasteiger partial charge on any atom is -0.487 e. The minimum atomic E-state index is -3.73. The standard InChI is InChI=1S/C24H26N2O4S/c1-17(2)26-21(24(27)20-11-4-6-13-23(20)31(26,28)29)15-18-9-3-5-12-22(18)30-16-19-10-7-8-14-25-19/h3-14,17,21,24,27H,15-16H2,1-2H3. The summed E-state index contributed by atoms with van der Waals surface area (Å²) < 4.78 is 34.2. The van der Waals surface area contributed by atoms with Gasteiger partial charge in [-0.25, -0.2) is 8.42 Å². The summed E-state index contributed by atoms with van der Waals surface area (Å²) in [6.45, 7) is 3.96. The zero-order valence-corrected chi connectivity index (χ0v) is 18.4. The first-order valence-electron chi connectivity index (χ1n) is 10.3. The number of benzene rings is 2. The molecule has 6 nitrogen and oxygen atoms in total. The van der Waals surface area contributed by atoms with E-state index in [2.05, 4.69) is 4.98 Å². The van der Waals surface area contributed by atoms with E-state index < -0.39 is 22.2 Å². The predicted octanol–water partition coefficient (Wildman–Crippen LogP) is 3.72. The van der Waals surface area contributed by atoms with E-state index in [4.69, 9.17) is 4.74 Å². The number of ether oxygens (including phenoxy) is 1. The number of pyridine rings is 1. The quantitative estimate of drug-likeness (QED) is 0.635. The van der Waals surface area contributed by atoms with Crippen LogP contribution in [0.2, 0.25) is 0 Å². The number of aliphatic hydroxyl groups is 1. The molecule has 31 heavy (non-hydrogen) atoms. The van der Waals surface area contributed by atoms with Gasteiger partial charge in [0, 0.05) is 17.8 Å². The maximum absolute atomic E-state index is 13.4. The van der Waals surface area contributed by atoms with E-state index in [1.54, 1.807) is 30.5 Å². The van der Waals surface area contributed by atoms with Crippen LogP contribution >= 0.6 is 0 Å². The molecule has 2 aromatic carbocycles. The van der Waals surface area contributed by atoms with Gasteiger partial charge in [-0.3, -0.25) is 4.98 Å². The Morgan fingerprint density at radius 3 is 2.48 bits per heavy atom. The van der Waals surface area contributed by atoms with Crippen LogP contribution in [0.3, 0.4) is 0 Å². The van der Waals surface area contributed by atoms with Gasteiger partial charge in [0.15, 0.2) is 0 Å². The number of para-hydroxylation sites is 1. The molecular weight excluding hydrogens is 412 g/mol. The third-order valence-electron chi connectivity index (χ3n) is 5.50. The lowest BCUT2D eigenvalue weighted by molar-refractivity contribution is 0.0680. The van der Waals surface area contributed by atoms with Crippen LogP contribution in [0.25, 0.3) is 0 Å². The molecule has 1 aromatic heterocycles. The third-order valence-corrected chi connectivity index (χ3v) is 7.67. The molecule has 4 rings (SSSR count). The predicted molar refractivity (Wildman–Crippen MR) is 118 cm³/mol. The van der Waals surface area contributed by atoms with E-state index >= 15 is 0 Å². The Bertz CT molecular complexity index is 1150. The van der Waals surface area contributed by atoms with Crippen LogP contribution in [0.15, 0.2) is 77.8 Å². The second kappa shape index (κ2) is 8.78. The average Bonchev–Trinajstić information content (AvgIpc) is 2.77. The number of hydrogen-bond donors (Lipinski definition) is 1. The Morgan fingerprint density at radius 2 is 1.74 bits per heavy atom. The maximum atomic E-state index is 13.4. The van der Waals surface area contributed by atoms with Crippen molar-refractivity contribution in [2.75, 3.05) is 0 Å². The van der Waals surface area contributed by atoms with Gasteiger partial charge in [0.1, 0.15) is 12.4 Å². The second-order valence-corrected chi connectivity index (χ2v) is 9.71. The first-order valence-corrected chi connectivity index (χ1v) is 11.7. The summed E-state index contributed by atoms with van der Waals surface area (Å²) >= 11 is 0. The van der Waals surface area contributed by atoms with Crippen molar-refractivity contribution in [1.82, 2.24) is 9.29 Å². The highest BCUT2D eigenvalue weighted by Crippen LogP contribution is 2.40. The highest BCUT2D eigenvalue weighted by atomic mass is 32.2. The van der Waals surface area contributed by atoms with Crippen molar-refractivity contribution in [3.05, 3.63) is 89.7 Å². The molecule has 0 fully saturated rings. The molecule has 0 bridgehead atoms. The largest absolute Gasteiger partial charge is 0.487 e. The number of hydrogen-bond acceptors (Lipinski definition) is 5. The second-order valence-electron chi connectivity index (χ2n) is 7.90. The molecule has 0 amide bonds. The molecule has 2 unspecified atom stereocenters. The lowest BCUT2D eigenvalue weighted by Crippen LogP contribution is -2.52. The van der Waals surface area contributed by atoms with Gasteiger partial charge in [0.2, 0.25) is 10.0 Å². The number of aromatic nitrogens is 1. The van der Waals surface area contributed by atoms with E-state index in [-0.39, 0.29) is 10.9 Å². The van der Waals surface area contributed by atoms with Gasteiger partial charge in [0.05, 0.1) is 22.7 Å². The summed E-state index contributed by atoms with van der Waals surface area (Å²) in [4.78, 5) is 4.45. The van der Waals surface area contributed by atoms with E-state index in [0.717, 1.165) is 11.3 Å². The van der Waals surface area contributed by atoms with Gasteiger partial charge in [-0.2, -0.15) is 4.31 Å². The molecule has 162 valence electrons. The van der Waals surface area contributed by atoms with Gasteiger partial charge in [-0.1, -0.05) is 42.5 Å². The zero-order chi connectivity index (χ0) is 22.0. The SMILES string of the molecule is CC(C)N1C(Cc2ccccc2OCc2ccccn2)C(O)c2ccccc2S1(=O)=O. The van der Waals surface area contributed by atoms with E-state index in [1.807, 2.05) is 56.3 Å². The highest BCUT2D eigenvalue weighted by Gasteiger charge is 2.45. The van der Waals surface area contributed by atoms with Gasteiger partial charge in [-0.15, -0.1) is 0 Å². The van der Waals surface area contributed by atoms with Crippen molar-refractivity contribution in [1.29, 1.82) is 0 Å². The number of rotatable bonds is 6. The van der Waals surface area contributed by atoms with Crippen molar-refractivity contribution in [2.24, 2.45) is 0 Å². The highest BCUT2D eigenvalue weighted by molar-refractivity contribution is 7.89. The number of nitrogens with zero attached hydrogens (tertiary/aromatic N) is 2. The molecule has 0 saturated carbocycles. The molecule has 1 N–H and O–H groups in total. The third kappa shape index (κ3) is 4.21. The van der Waals surface area contributed by atoms with E-state index in [9.17, 15) is 13.5 Å². The van der Waals surface area contributed by atoms with Crippen molar-refractivity contribution in [3.8, 4) is 5.75 Å². The smallest absolute Gasteiger partial charge is 0.244 e. The Morgan fingerprint density at radius 1 is 1.03 bits per heavy atom. The summed E-state index contributed by atoms with van der Waals surface area (Å²) in [7, 11) is -3.73. The fourth-order valence-corrected chi connectivity index (χ4v) is 6.20. The Balaban J connectivity index is 1.67. The minimum absolute atomic E-state index is 0.173. The Kier molecular flexibility index (Phi) is 6.09. The summed E-state index contributed by atoms with van der Waals surface area (Å²) in [5.74, 6) is 0.653. The number of fused-ring (bicyclic) bond motifs is 1. The normalized spacial score (nSPS) is 20.4. The molecule has 0 spiro atoms. The summed E-state index contributed by atoms with van der Waals surface area (Å²) in [5.41, 5.74) is 2.08. The maximum Gasteiger partial charge on any atom is 0.244 e. The lowest BCUT2D eigenvalue weighted by atomic mass is 9.94. The van der Waals surface area contributed by atoms with Crippen molar-refractivity contribution >= 4 is 10.0 Å². The van der Waals surface area contributed by atoms with Crippen molar-refractivity contribution < 1.29 is 18.3 Å². The van der Waals surface area contributed by atoms with Crippen LogP contribution in [-0.4, -0.2) is 34.9 Å². The molecule has 0 saturated heterocycles. The monoisotopic (exact) mass is 438 g/mol. The average molecular weight is 439 g/mol. The molecule has 3 aromatic rings. The molecule has 0 radical (unpaired) electrons. The topological polar surface area (TPSA) is 79.7 Å². The van der Waals surface area contributed by atoms with Crippen LogP contribution in [0, 0.1) is 0 Å². The van der Waals surface area contributed by atoms with Gasteiger partial charge < -0.3 is 9.84 Å². The fourth-order valence-electron chi connectivity index (χ4n) is 4.13. The van der Waals surface area contributed by atoms with Gasteiger partial charge >= 0.3 is 0 Å². The zero-order valence-electron chi connectivity index (χ0n) is 17.5. The summed E-state index contributed by atoms with van der Waals surface area (Å²) in [6.07, 6.45) is 1.10. The summed E-state index contributed by atoms with van der Waals surface area (Å²) in [6, 6.07) is 18.9. The summed E-state index contributed by atoms with van der Waals surface area (Å²) in [5, 5.41) is 11.2. The van der Waals surface area contributed by atoms with Crippen molar-refractivity contribution in [3.63, 3.8) is 0 Å². The van der Waals surface area contributed by atoms with Crippen molar-refractivity contribution in [2.45, 2.75) is 50.0 Å². The van der Waals surface area contributed by atoms with Gasteiger partial charge in [0.25, 0.3) is 0 Å². The molecule has 0 aliphatic carbocycles. The fraction of sp³-hybridized carbons (Fsp3) is 0.292. The van der Waals surface area contributed by atoms with E-state index in [0.29, 0.717) is 24.3 Å².